The lowest BCUT2D eigenvalue weighted by atomic mass is 10.1. The molecule has 1 aliphatic rings. The lowest BCUT2D eigenvalue weighted by molar-refractivity contribution is 0.226. The van der Waals surface area contributed by atoms with E-state index in [0.29, 0.717) is 6.04 Å². The summed E-state index contributed by atoms with van der Waals surface area (Å²) >= 11 is 1.81. The summed E-state index contributed by atoms with van der Waals surface area (Å²) in [7, 11) is 1.84. The van der Waals surface area contributed by atoms with Crippen molar-refractivity contribution in [3.63, 3.8) is 0 Å². The predicted molar refractivity (Wildman–Crippen MR) is 119 cm³/mol. The second kappa shape index (κ2) is 12.1. The Bertz CT molecular complexity index is 517. The number of hydrogen-bond donors (Lipinski definition) is 2. The fraction of sp³-hybridized carbons (Fsp3) is 0.778. The highest BCUT2D eigenvalue weighted by atomic mass is 127. The Hall–Kier alpha value is -0.410. The van der Waals surface area contributed by atoms with Crippen LogP contribution in [0, 0.1) is 5.92 Å². The zero-order valence-corrected chi connectivity index (χ0v) is 19.2. The van der Waals surface area contributed by atoms with Gasteiger partial charge in [-0.2, -0.15) is 0 Å². The average Bonchev–Trinajstić information content (AvgIpc) is 3.19. The fourth-order valence-corrected chi connectivity index (χ4v) is 4.05. The number of hydrogen-bond acceptors (Lipinski definition) is 4. The number of likely N-dealkylation sites (tertiary alicyclic amines) is 1. The van der Waals surface area contributed by atoms with Crippen molar-refractivity contribution in [1.82, 2.24) is 20.5 Å². The first-order chi connectivity index (χ1) is 11.6. The van der Waals surface area contributed by atoms with Crippen molar-refractivity contribution < 1.29 is 0 Å². The normalized spacial score (nSPS) is 18.4. The van der Waals surface area contributed by atoms with Gasteiger partial charge < -0.3 is 10.6 Å². The Morgan fingerprint density at radius 1 is 1.44 bits per heavy atom. The molecule has 2 N–H and O–H groups in total. The number of rotatable bonds is 8. The van der Waals surface area contributed by atoms with E-state index >= 15 is 0 Å². The van der Waals surface area contributed by atoms with Gasteiger partial charge in [0.15, 0.2) is 5.96 Å². The molecule has 0 bridgehead atoms. The summed E-state index contributed by atoms with van der Waals surface area (Å²) in [5.74, 6) is 1.63. The van der Waals surface area contributed by atoms with Crippen molar-refractivity contribution in [3.8, 4) is 0 Å². The molecule has 1 aliphatic heterocycles. The van der Waals surface area contributed by atoms with Gasteiger partial charge in [0.25, 0.3) is 0 Å². The Kier molecular flexibility index (Phi) is 10.9. The molecule has 1 atom stereocenters. The molecule has 5 nitrogen and oxygen atoms in total. The summed E-state index contributed by atoms with van der Waals surface area (Å²) in [5.41, 5.74) is 0. The number of halogens is 1. The molecule has 1 aromatic heterocycles. The van der Waals surface area contributed by atoms with Crippen LogP contribution in [0.2, 0.25) is 0 Å². The largest absolute Gasteiger partial charge is 0.356 e. The first kappa shape index (κ1) is 22.6. The van der Waals surface area contributed by atoms with Gasteiger partial charge in [0.1, 0.15) is 0 Å². The summed E-state index contributed by atoms with van der Waals surface area (Å²) in [5, 5.41) is 8.11. The minimum absolute atomic E-state index is 0. The Labute approximate surface area is 174 Å². The number of aliphatic imine (C=N–C) groups is 1. The highest BCUT2D eigenvalue weighted by Gasteiger charge is 2.24. The first-order valence-electron chi connectivity index (χ1n) is 9.24. The summed E-state index contributed by atoms with van der Waals surface area (Å²) < 4.78 is 0. The maximum absolute atomic E-state index is 4.47. The molecule has 0 radical (unpaired) electrons. The number of thiazole rings is 1. The minimum Gasteiger partial charge on any atom is -0.356 e. The highest BCUT2D eigenvalue weighted by Crippen LogP contribution is 2.18. The molecule has 144 valence electrons. The van der Waals surface area contributed by atoms with Gasteiger partial charge in [-0.05, 0) is 31.7 Å². The summed E-state index contributed by atoms with van der Waals surface area (Å²) in [6.45, 7) is 11.0. The average molecular weight is 479 g/mol. The van der Waals surface area contributed by atoms with E-state index in [1.54, 1.807) is 0 Å². The van der Waals surface area contributed by atoms with Crippen LogP contribution in [0.1, 0.15) is 43.5 Å². The van der Waals surface area contributed by atoms with Gasteiger partial charge in [0, 0.05) is 50.2 Å². The van der Waals surface area contributed by atoms with Crippen LogP contribution >= 0.6 is 35.3 Å². The van der Waals surface area contributed by atoms with E-state index in [1.165, 1.54) is 35.8 Å². The standard InChI is InChI=1S/C18H33N5S.HI/c1-5-16-12-21-17(24-16)8-9-20-18(19-4)22-11-15-7-6-10-23(15)13-14(2)3;/h12,14-15H,5-11,13H2,1-4H3,(H2,19,20,22);1H/t15-;/m1./s1. The van der Waals surface area contributed by atoms with Gasteiger partial charge in [-0.25, -0.2) is 4.98 Å². The SMILES string of the molecule is CCc1cnc(CCNC(=NC)NC[C@H]2CCCN2CC(C)C)s1.I. The van der Waals surface area contributed by atoms with Crippen LogP contribution in [-0.4, -0.2) is 55.1 Å². The topological polar surface area (TPSA) is 52.6 Å². The number of aryl methyl sites for hydroxylation is 1. The maximum atomic E-state index is 4.47. The number of guanidine groups is 1. The summed E-state index contributed by atoms with van der Waals surface area (Å²) in [6, 6.07) is 0.636. The summed E-state index contributed by atoms with van der Waals surface area (Å²) in [6.07, 6.45) is 6.62. The lowest BCUT2D eigenvalue weighted by Crippen LogP contribution is -2.46. The van der Waals surface area contributed by atoms with Crippen molar-refractivity contribution >= 4 is 41.3 Å². The molecule has 0 aliphatic carbocycles. The molecule has 0 unspecified atom stereocenters. The minimum atomic E-state index is 0. The van der Waals surface area contributed by atoms with Crippen molar-refractivity contribution in [1.29, 1.82) is 0 Å². The maximum Gasteiger partial charge on any atom is 0.191 e. The molecule has 25 heavy (non-hydrogen) atoms. The van der Waals surface area contributed by atoms with Crippen LogP contribution in [0.4, 0.5) is 0 Å². The molecule has 1 saturated heterocycles. The van der Waals surface area contributed by atoms with Crippen LogP contribution in [-0.2, 0) is 12.8 Å². The zero-order valence-electron chi connectivity index (χ0n) is 16.0. The second-order valence-electron chi connectivity index (χ2n) is 6.89. The molecular formula is C18H34IN5S. The van der Waals surface area contributed by atoms with E-state index in [4.69, 9.17) is 0 Å². The zero-order chi connectivity index (χ0) is 17.4. The number of nitrogens with zero attached hydrogens (tertiary/aromatic N) is 3. The molecule has 2 heterocycles. The van der Waals surface area contributed by atoms with E-state index < -0.39 is 0 Å². The van der Waals surface area contributed by atoms with Crippen LogP contribution in [0.15, 0.2) is 11.2 Å². The Morgan fingerprint density at radius 2 is 2.24 bits per heavy atom. The van der Waals surface area contributed by atoms with Gasteiger partial charge in [0.05, 0.1) is 5.01 Å². The number of aromatic nitrogens is 1. The third-order valence-corrected chi connectivity index (χ3v) is 5.61. The molecule has 1 aromatic rings. The van der Waals surface area contributed by atoms with Crippen molar-refractivity contribution in [3.05, 3.63) is 16.1 Å². The first-order valence-corrected chi connectivity index (χ1v) is 10.1. The monoisotopic (exact) mass is 479 g/mol. The molecule has 0 spiro atoms. The Balaban J connectivity index is 0.00000312. The third kappa shape index (κ3) is 7.78. The molecule has 0 aromatic carbocycles. The van der Waals surface area contributed by atoms with Gasteiger partial charge in [-0.1, -0.05) is 20.8 Å². The van der Waals surface area contributed by atoms with Gasteiger partial charge in [0.2, 0.25) is 0 Å². The third-order valence-electron chi connectivity index (χ3n) is 4.41. The molecule has 0 saturated carbocycles. The van der Waals surface area contributed by atoms with Crippen molar-refractivity contribution in [2.75, 3.05) is 33.2 Å². The molecule has 7 heteroatoms. The van der Waals surface area contributed by atoms with E-state index in [-0.39, 0.29) is 24.0 Å². The molecule has 1 fully saturated rings. The summed E-state index contributed by atoms with van der Waals surface area (Å²) in [4.78, 5) is 12.8. The second-order valence-corrected chi connectivity index (χ2v) is 8.09. The van der Waals surface area contributed by atoms with Gasteiger partial charge in [-0.15, -0.1) is 35.3 Å². The molecular weight excluding hydrogens is 445 g/mol. The van der Waals surface area contributed by atoms with Crippen molar-refractivity contribution in [2.45, 2.75) is 52.5 Å². The van der Waals surface area contributed by atoms with Crippen LogP contribution < -0.4 is 10.6 Å². The van der Waals surface area contributed by atoms with Crippen molar-refractivity contribution in [2.24, 2.45) is 10.9 Å². The fourth-order valence-electron chi connectivity index (χ4n) is 3.19. The molecule has 0 amide bonds. The van der Waals surface area contributed by atoms with E-state index in [9.17, 15) is 0 Å². The van der Waals surface area contributed by atoms with E-state index in [2.05, 4.69) is 46.3 Å². The highest BCUT2D eigenvalue weighted by molar-refractivity contribution is 14.0. The number of nitrogens with one attached hydrogen (secondary N) is 2. The molecule has 2 rings (SSSR count). The van der Waals surface area contributed by atoms with Gasteiger partial charge in [-0.3, -0.25) is 9.89 Å². The lowest BCUT2D eigenvalue weighted by Gasteiger charge is -2.27. The smallest absolute Gasteiger partial charge is 0.191 e. The van der Waals surface area contributed by atoms with E-state index in [1.807, 2.05) is 24.6 Å². The Morgan fingerprint density at radius 3 is 2.88 bits per heavy atom. The van der Waals surface area contributed by atoms with Crippen LogP contribution in [0.5, 0.6) is 0 Å². The van der Waals surface area contributed by atoms with Crippen LogP contribution in [0.3, 0.4) is 0 Å². The van der Waals surface area contributed by atoms with E-state index in [0.717, 1.165) is 37.8 Å². The predicted octanol–water partition coefficient (Wildman–Crippen LogP) is 3.15. The van der Waals surface area contributed by atoms with Gasteiger partial charge >= 0.3 is 0 Å². The van der Waals surface area contributed by atoms with Crippen LogP contribution in [0.25, 0.3) is 0 Å². The quantitative estimate of drug-likeness (QED) is 0.342.